The minimum atomic E-state index is 0.518. The summed E-state index contributed by atoms with van der Waals surface area (Å²) in [5.74, 6) is 4.56. The van der Waals surface area contributed by atoms with Crippen LogP contribution in [0.5, 0.6) is 0 Å². The molecule has 0 unspecified atom stereocenters. The van der Waals surface area contributed by atoms with E-state index in [0.717, 1.165) is 36.5 Å². The quantitative estimate of drug-likeness (QED) is 0.694. The molecule has 0 N–H and O–H groups in total. The summed E-state index contributed by atoms with van der Waals surface area (Å²) < 4.78 is 0. The van der Waals surface area contributed by atoms with Crippen molar-refractivity contribution in [3.63, 3.8) is 0 Å². The van der Waals surface area contributed by atoms with Crippen LogP contribution in [0.1, 0.15) is 70.6 Å². The first-order valence-corrected chi connectivity index (χ1v) is 7.84. The van der Waals surface area contributed by atoms with Gasteiger partial charge >= 0.3 is 0 Å². The molecule has 0 aliphatic heterocycles. The van der Waals surface area contributed by atoms with Crippen LogP contribution in [-0.4, -0.2) is 5.78 Å². The van der Waals surface area contributed by atoms with E-state index < -0.39 is 0 Å². The van der Waals surface area contributed by atoms with E-state index in [4.69, 9.17) is 0 Å². The lowest BCUT2D eigenvalue weighted by Crippen LogP contribution is -2.30. The minimum absolute atomic E-state index is 0.518. The van der Waals surface area contributed by atoms with Gasteiger partial charge in [-0.05, 0) is 62.2 Å². The van der Waals surface area contributed by atoms with Gasteiger partial charge in [-0.15, -0.1) is 0 Å². The first kappa shape index (κ1) is 11.7. The van der Waals surface area contributed by atoms with Crippen LogP contribution in [0.2, 0.25) is 0 Å². The Balaban J connectivity index is 1.46. The van der Waals surface area contributed by atoms with Crippen molar-refractivity contribution >= 4 is 5.78 Å². The van der Waals surface area contributed by atoms with Crippen LogP contribution in [0, 0.1) is 23.7 Å². The van der Waals surface area contributed by atoms with Crippen LogP contribution in [0.3, 0.4) is 0 Å². The molecule has 0 aromatic carbocycles. The van der Waals surface area contributed by atoms with E-state index in [1.54, 1.807) is 0 Å². The van der Waals surface area contributed by atoms with Crippen molar-refractivity contribution in [1.29, 1.82) is 0 Å². The predicted molar refractivity (Wildman–Crippen MR) is 69.8 cm³/mol. The number of rotatable bonds is 2. The van der Waals surface area contributed by atoms with Crippen LogP contribution < -0.4 is 0 Å². The zero-order valence-corrected chi connectivity index (χ0v) is 11.0. The van der Waals surface area contributed by atoms with Gasteiger partial charge < -0.3 is 0 Å². The Bertz CT molecular complexity index is 261. The number of hydrogen-bond acceptors (Lipinski definition) is 1. The summed E-state index contributed by atoms with van der Waals surface area (Å²) >= 11 is 0. The lowest BCUT2D eigenvalue weighted by atomic mass is 9.65. The second-order valence-corrected chi connectivity index (χ2v) is 6.74. The van der Waals surface area contributed by atoms with Crippen molar-refractivity contribution in [2.45, 2.75) is 70.6 Å². The third-order valence-electron chi connectivity index (χ3n) is 5.89. The molecule has 0 amide bonds. The fourth-order valence-corrected chi connectivity index (χ4v) is 4.43. The molecule has 1 nitrogen and oxygen atoms in total. The maximum atomic E-state index is 11.3. The Morgan fingerprint density at radius 1 is 0.588 bits per heavy atom. The molecule has 0 bridgehead atoms. The molecular weight excluding hydrogens is 208 g/mol. The lowest BCUT2D eigenvalue weighted by Gasteiger charge is -2.41. The van der Waals surface area contributed by atoms with Crippen molar-refractivity contribution in [3.8, 4) is 0 Å². The molecular formula is C16H26O. The molecule has 0 saturated heterocycles. The van der Waals surface area contributed by atoms with Crippen molar-refractivity contribution in [2.75, 3.05) is 0 Å². The fraction of sp³-hybridized carbons (Fsp3) is 0.938. The van der Waals surface area contributed by atoms with Crippen LogP contribution >= 0.6 is 0 Å². The standard InChI is InChI=1S/C16H26O/c17-16-10-8-15(9-11-16)14-6-4-13(5-7-14)12-2-1-3-12/h12-15H,1-11H2. The molecule has 1 heteroatoms. The summed E-state index contributed by atoms with van der Waals surface area (Å²) in [7, 11) is 0. The van der Waals surface area contributed by atoms with E-state index in [-0.39, 0.29) is 0 Å². The summed E-state index contributed by atoms with van der Waals surface area (Å²) in [4.78, 5) is 11.3. The van der Waals surface area contributed by atoms with E-state index in [0.29, 0.717) is 5.78 Å². The Labute approximate surface area is 105 Å². The highest BCUT2D eigenvalue weighted by atomic mass is 16.1. The molecule has 0 aromatic rings. The maximum Gasteiger partial charge on any atom is 0.132 e. The van der Waals surface area contributed by atoms with Crippen molar-refractivity contribution < 1.29 is 4.79 Å². The first-order valence-electron chi connectivity index (χ1n) is 7.84. The van der Waals surface area contributed by atoms with E-state index in [1.165, 1.54) is 57.8 Å². The molecule has 3 rings (SSSR count). The Morgan fingerprint density at radius 3 is 1.41 bits per heavy atom. The second-order valence-electron chi connectivity index (χ2n) is 6.74. The third kappa shape index (κ3) is 2.58. The van der Waals surface area contributed by atoms with E-state index in [2.05, 4.69) is 0 Å². The molecule has 17 heavy (non-hydrogen) atoms. The zero-order chi connectivity index (χ0) is 11.7. The van der Waals surface area contributed by atoms with Gasteiger partial charge in [-0.2, -0.15) is 0 Å². The molecule has 3 aliphatic carbocycles. The average molecular weight is 234 g/mol. The highest BCUT2D eigenvalue weighted by molar-refractivity contribution is 5.79. The average Bonchev–Trinajstić information content (AvgIpc) is 2.29. The topological polar surface area (TPSA) is 17.1 Å². The van der Waals surface area contributed by atoms with Crippen molar-refractivity contribution in [1.82, 2.24) is 0 Å². The van der Waals surface area contributed by atoms with Gasteiger partial charge in [0.2, 0.25) is 0 Å². The molecule has 0 aromatic heterocycles. The van der Waals surface area contributed by atoms with Gasteiger partial charge in [0, 0.05) is 12.8 Å². The Hall–Kier alpha value is -0.330. The van der Waals surface area contributed by atoms with E-state index in [9.17, 15) is 4.79 Å². The van der Waals surface area contributed by atoms with Gasteiger partial charge in [-0.25, -0.2) is 0 Å². The molecule has 0 heterocycles. The molecule has 3 aliphatic rings. The van der Waals surface area contributed by atoms with Crippen LogP contribution in [0.25, 0.3) is 0 Å². The predicted octanol–water partition coefficient (Wildman–Crippen LogP) is 4.35. The summed E-state index contributed by atoms with van der Waals surface area (Å²) in [5, 5.41) is 0. The molecule has 0 atom stereocenters. The summed E-state index contributed by atoms with van der Waals surface area (Å²) in [6.07, 6.45) is 14.7. The normalized spacial score (nSPS) is 36.8. The first-order chi connectivity index (χ1) is 8.33. The number of hydrogen-bond donors (Lipinski definition) is 0. The van der Waals surface area contributed by atoms with Gasteiger partial charge in [0.25, 0.3) is 0 Å². The smallest absolute Gasteiger partial charge is 0.132 e. The molecule has 96 valence electrons. The highest BCUT2D eigenvalue weighted by Crippen LogP contribution is 2.45. The number of ketones is 1. The van der Waals surface area contributed by atoms with Gasteiger partial charge in [0.05, 0.1) is 0 Å². The Morgan fingerprint density at radius 2 is 1.00 bits per heavy atom. The minimum Gasteiger partial charge on any atom is -0.300 e. The van der Waals surface area contributed by atoms with Crippen LogP contribution in [0.15, 0.2) is 0 Å². The monoisotopic (exact) mass is 234 g/mol. The van der Waals surface area contributed by atoms with Gasteiger partial charge in [0.15, 0.2) is 0 Å². The van der Waals surface area contributed by atoms with Gasteiger partial charge in [-0.1, -0.05) is 19.3 Å². The number of carbonyl (C=O) groups is 1. The van der Waals surface area contributed by atoms with Crippen LogP contribution in [-0.2, 0) is 4.79 Å². The van der Waals surface area contributed by atoms with E-state index in [1.807, 2.05) is 0 Å². The van der Waals surface area contributed by atoms with Gasteiger partial charge in [-0.3, -0.25) is 4.79 Å². The summed E-state index contributed by atoms with van der Waals surface area (Å²) in [5.41, 5.74) is 0. The van der Waals surface area contributed by atoms with Gasteiger partial charge in [0.1, 0.15) is 5.78 Å². The van der Waals surface area contributed by atoms with Crippen molar-refractivity contribution in [3.05, 3.63) is 0 Å². The summed E-state index contributed by atoms with van der Waals surface area (Å²) in [6, 6.07) is 0. The zero-order valence-electron chi connectivity index (χ0n) is 11.0. The third-order valence-corrected chi connectivity index (χ3v) is 5.89. The fourth-order valence-electron chi connectivity index (χ4n) is 4.43. The number of Topliss-reactive ketones (excluding diaryl/α,β-unsaturated/α-hetero) is 1. The van der Waals surface area contributed by atoms with E-state index >= 15 is 0 Å². The number of carbonyl (C=O) groups excluding carboxylic acids is 1. The highest BCUT2D eigenvalue weighted by Gasteiger charge is 2.34. The molecule has 0 radical (unpaired) electrons. The van der Waals surface area contributed by atoms with Crippen molar-refractivity contribution in [2.24, 2.45) is 23.7 Å². The molecule has 3 saturated carbocycles. The molecule has 0 spiro atoms. The maximum absolute atomic E-state index is 11.3. The molecule has 3 fully saturated rings. The summed E-state index contributed by atoms with van der Waals surface area (Å²) in [6.45, 7) is 0. The van der Waals surface area contributed by atoms with Crippen LogP contribution in [0.4, 0.5) is 0 Å². The second kappa shape index (κ2) is 5.12. The largest absolute Gasteiger partial charge is 0.300 e. The Kier molecular flexibility index (Phi) is 3.54. The lowest BCUT2D eigenvalue weighted by molar-refractivity contribution is -0.121. The SMILES string of the molecule is O=C1CCC(C2CCC(C3CCC3)CC2)CC1.